The molecule has 0 radical (unpaired) electrons. The van der Waals surface area contributed by atoms with Crippen LogP contribution in [0, 0.1) is 24.2 Å². The molecule has 1 aliphatic heterocycles. The summed E-state index contributed by atoms with van der Waals surface area (Å²) in [6, 6.07) is 4.08. The Balaban J connectivity index is 2.10. The highest BCUT2D eigenvalue weighted by molar-refractivity contribution is 6.33. The Hall–Kier alpha value is -1.31. The monoisotopic (exact) mass is 278 g/mol. The number of nitrogens with one attached hydrogen (secondary N) is 2. The average Bonchev–Trinajstić information content (AvgIpc) is 2.43. The first-order valence-electron chi connectivity index (χ1n) is 6.66. The van der Waals surface area contributed by atoms with Crippen molar-refractivity contribution in [1.82, 2.24) is 10.3 Å². The van der Waals surface area contributed by atoms with Gasteiger partial charge in [0.25, 0.3) is 0 Å². The summed E-state index contributed by atoms with van der Waals surface area (Å²) in [5.74, 6) is 1.26. The molecular weight excluding hydrogens is 260 g/mol. The highest BCUT2D eigenvalue weighted by Gasteiger charge is 2.21. The number of pyridine rings is 1. The van der Waals surface area contributed by atoms with Crippen molar-refractivity contribution in [2.75, 3.05) is 18.4 Å². The van der Waals surface area contributed by atoms with Crippen molar-refractivity contribution in [2.45, 2.75) is 32.7 Å². The van der Waals surface area contributed by atoms with E-state index >= 15 is 0 Å². The summed E-state index contributed by atoms with van der Waals surface area (Å²) in [7, 11) is 0. The van der Waals surface area contributed by atoms with Crippen LogP contribution in [0.1, 0.15) is 31.0 Å². The SMILES string of the molecule is Cc1nc(NC(C)C2CCCNC2)c(Cl)cc1C#N. The van der Waals surface area contributed by atoms with Crippen molar-refractivity contribution in [3.63, 3.8) is 0 Å². The second kappa shape index (κ2) is 6.23. The highest BCUT2D eigenvalue weighted by atomic mass is 35.5. The van der Waals surface area contributed by atoms with Crippen LogP contribution < -0.4 is 10.6 Å². The number of aryl methyl sites for hydroxylation is 1. The number of anilines is 1. The van der Waals surface area contributed by atoms with Gasteiger partial charge >= 0.3 is 0 Å². The molecule has 2 heterocycles. The molecule has 0 bridgehead atoms. The van der Waals surface area contributed by atoms with Gasteiger partial charge in [-0.3, -0.25) is 0 Å². The van der Waals surface area contributed by atoms with Gasteiger partial charge in [0.2, 0.25) is 0 Å². The third-order valence-electron chi connectivity index (χ3n) is 3.69. The molecule has 1 aromatic heterocycles. The van der Waals surface area contributed by atoms with Crippen LogP contribution in [0.5, 0.6) is 0 Å². The maximum absolute atomic E-state index is 8.94. The van der Waals surface area contributed by atoms with Crippen molar-refractivity contribution < 1.29 is 0 Å². The van der Waals surface area contributed by atoms with Crippen LogP contribution in [0.4, 0.5) is 5.82 Å². The minimum atomic E-state index is 0.310. The Morgan fingerprint density at radius 3 is 3.05 bits per heavy atom. The van der Waals surface area contributed by atoms with Crippen molar-refractivity contribution >= 4 is 17.4 Å². The van der Waals surface area contributed by atoms with E-state index in [1.807, 2.05) is 6.92 Å². The molecule has 4 nitrogen and oxygen atoms in total. The van der Waals surface area contributed by atoms with E-state index in [-0.39, 0.29) is 0 Å². The van der Waals surface area contributed by atoms with Gasteiger partial charge in [-0.2, -0.15) is 5.26 Å². The number of hydrogen-bond donors (Lipinski definition) is 2. The van der Waals surface area contributed by atoms with Gasteiger partial charge in [-0.1, -0.05) is 11.6 Å². The lowest BCUT2D eigenvalue weighted by Gasteiger charge is -2.29. The summed E-state index contributed by atoms with van der Waals surface area (Å²) in [5, 5.41) is 16.2. The largest absolute Gasteiger partial charge is 0.366 e. The van der Waals surface area contributed by atoms with Gasteiger partial charge in [-0.05, 0) is 51.8 Å². The number of hydrogen-bond acceptors (Lipinski definition) is 4. The van der Waals surface area contributed by atoms with Crippen molar-refractivity contribution in [1.29, 1.82) is 5.26 Å². The van der Waals surface area contributed by atoms with E-state index in [0.717, 1.165) is 13.1 Å². The summed E-state index contributed by atoms with van der Waals surface area (Å²) < 4.78 is 0. The Morgan fingerprint density at radius 1 is 1.63 bits per heavy atom. The van der Waals surface area contributed by atoms with E-state index < -0.39 is 0 Å². The second-order valence-corrected chi connectivity index (χ2v) is 5.51. The molecule has 0 aromatic carbocycles. The molecule has 1 fully saturated rings. The van der Waals surface area contributed by atoms with Gasteiger partial charge in [0.15, 0.2) is 0 Å². The molecule has 0 spiro atoms. The number of rotatable bonds is 3. The standard InChI is InChI=1S/C14H19ClN4/c1-9(11-4-3-5-17-8-11)18-14-13(15)6-12(7-16)10(2)19-14/h6,9,11,17H,3-5,8H2,1-2H3,(H,18,19). The van der Waals surface area contributed by atoms with Crippen molar-refractivity contribution in [2.24, 2.45) is 5.92 Å². The molecule has 2 unspecified atom stereocenters. The molecule has 5 heteroatoms. The summed E-state index contributed by atoms with van der Waals surface area (Å²) >= 11 is 6.17. The predicted molar refractivity (Wildman–Crippen MR) is 77.4 cm³/mol. The zero-order chi connectivity index (χ0) is 13.8. The van der Waals surface area contributed by atoms with Gasteiger partial charge < -0.3 is 10.6 Å². The molecule has 0 aliphatic carbocycles. The van der Waals surface area contributed by atoms with E-state index in [9.17, 15) is 0 Å². The summed E-state index contributed by atoms with van der Waals surface area (Å²) in [6.07, 6.45) is 2.43. The van der Waals surface area contributed by atoms with E-state index in [1.165, 1.54) is 12.8 Å². The molecule has 102 valence electrons. The molecule has 0 amide bonds. The zero-order valence-corrected chi connectivity index (χ0v) is 12.1. The van der Waals surface area contributed by atoms with E-state index in [2.05, 4.69) is 28.6 Å². The Labute approximate surface area is 119 Å². The van der Waals surface area contributed by atoms with Crippen LogP contribution >= 0.6 is 11.6 Å². The third-order valence-corrected chi connectivity index (χ3v) is 3.98. The smallest absolute Gasteiger partial charge is 0.145 e. The first kappa shape index (κ1) is 14.1. The Bertz CT molecular complexity index is 489. The van der Waals surface area contributed by atoms with Crippen LogP contribution in [0.25, 0.3) is 0 Å². The topological polar surface area (TPSA) is 60.7 Å². The lowest BCUT2D eigenvalue weighted by molar-refractivity contribution is 0.346. The van der Waals surface area contributed by atoms with Crippen molar-refractivity contribution in [3.8, 4) is 6.07 Å². The molecule has 2 atom stereocenters. The fraction of sp³-hybridized carbons (Fsp3) is 0.571. The lowest BCUT2D eigenvalue weighted by Crippen LogP contribution is -2.39. The summed E-state index contributed by atoms with van der Waals surface area (Å²) in [4.78, 5) is 4.39. The normalized spacial score (nSPS) is 20.6. The molecule has 2 N–H and O–H groups in total. The lowest BCUT2D eigenvalue weighted by atomic mass is 9.93. The minimum absolute atomic E-state index is 0.310. The Kier molecular flexibility index (Phi) is 4.62. The molecule has 2 rings (SSSR count). The molecule has 0 saturated carbocycles. The second-order valence-electron chi connectivity index (χ2n) is 5.10. The van der Waals surface area contributed by atoms with Crippen LogP contribution in [0.2, 0.25) is 5.02 Å². The van der Waals surface area contributed by atoms with Gasteiger partial charge in [0, 0.05) is 6.04 Å². The number of piperidine rings is 1. The van der Waals surface area contributed by atoms with Crippen LogP contribution in [-0.4, -0.2) is 24.1 Å². The first-order valence-corrected chi connectivity index (χ1v) is 7.04. The minimum Gasteiger partial charge on any atom is -0.366 e. The van der Waals surface area contributed by atoms with Gasteiger partial charge in [0.05, 0.1) is 16.3 Å². The maximum Gasteiger partial charge on any atom is 0.145 e. The number of aromatic nitrogens is 1. The van der Waals surface area contributed by atoms with Gasteiger partial charge in [0.1, 0.15) is 11.9 Å². The number of nitriles is 1. The molecule has 19 heavy (non-hydrogen) atoms. The predicted octanol–water partition coefficient (Wildman–Crippen LogP) is 2.72. The van der Waals surface area contributed by atoms with Crippen LogP contribution in [0.3, 0.4) is 0 Å². The van der Waals surface area contributed by atoms with Gasteiger partial charge in [-0.15, -0.1) is 0 Å². The van der Waals surface area contributed by atoms with E-state index in [1.54, 1.807) is 6.07 Å². The highest BCUT2D eigenvalue weighted by Crippen LogP contribution is 2.25. The van der Waals surface area contributed by atoms with Crippen LogP contribution in [-0.2, 0) is 0 Å². The van der Waals surface area contributed by atoms with E-state index in [0.29, 0.717) is 34.1 Å². The first-order chi connectivity index (χ1) is 9.11. The number of nitrogens with zero attached hydrogens (tertiary/aromatic N) is 2. The van der Waals surface area contributed by atoms with Crippen molar-refractivity contribution in [3.05, 3.63) is 22.3 Å². The zero-order valence-electron chi connectivity index (χ0n) is 11.3. The molecule has 1 saturated heterocycles. The molecular formula is C14H19ClN4. The summed E-state index contributed by atoms with van der Waals surface area (Å²) in [6.45, 7) is 6.12. The molecule has 1 aromatic rings. The third kappa shape index (κ3) is 3.37. The Morgan fingerprint density at radius 2 is 2.42 bits per heavy atom. The molecule has 1 aliphatic rings. The fourth-order valence-electron chi connectivity index (χ4n) is 2.43. The average molecular weight is 279 g/mol. The fourth-order valence-corrected chi connectivity index (χ4v) is 2.64. The summed E-state index contributed by atoms with van der Waals surface area (Å²) in [5.41, 5.74) is 1.24. The van der Waals surface area contributed by atoms with E-state index in [4.69, 9.17) is 16.9 Å². The number of halogens is 1. The van der Waals surface area contributed by atoms with Crippen LogP contribution in [0.15, 0.2) is 6.07 Å². The maximum atomic E-state index is 8.94. The van der Waals surface area contributed by atoms with Gasteiger partial charge in [-0.25, -0.2) is 4.98 Å². The quantitative estimate of drug-likeness (QED) is 0.892.